The van der Waals surface area contributed by atoms with Crippen LogP contribution in [-0.2, 0) is 4.79 Å². The minimum atomic E-state index is -1.35. The van der Waals surface area contributed by atoms with Gasteiger partial charge in [-0.3, -0.25) is 4.79 Å². The van der Waals surface area contributed by atoms with Crippen LogP contribution in [0.1, 0.15) is 6.92 Å². The lowest BCUT2D eigenvalue weighted by Gasteiger charge is -2.20. The molecule has 2 atom stereocenters. The molecule has 64 valence electrons. The van der Waals surface area contributed by atoms with Crippen molar-refractivity contribution in [1.29, 1.82) is 0 Å². The molecular formula is C6H8Cl3NO. The van der Waals surface area contributed by atoms with E-state index in [9.17, 15) is 4.79 Å². The first-order valence-electron chi connectivity index (χ1n) is 3.26. The van der Waals surface area contributed by atoms with Crippen molar-refractivity contribution in [3.05, 3.63) is 0 Å². The van der Waals surface area contributed by atoms with Gasteiger partial charge in [0.2, 0.25) is 4.33 Å². The lowest BCUT2D eigenvalue weighted by molar-refractivity contribution is -0.119. The van der Waals surface area contributed by atoms with Gasteiger partial charge in [0.15, 0.2) is 0 Å². The summed E-state index contributed by atoms with van der Waals surface area (Å²) in [6.07, 6.45) is 0. The van der Waals surface area contributed by atoms with Crippen LogP contribution in [0, 0.1) is 5.92 Å². The second kappa shape index (κ2) is 3.00. The summed E-state index contributed by atoms with van der Waals surface area (Å²) < 4.78 is -1.35. The van der Waals surface area contributed by atoms with E-state index in [1.807, 2.05) is 0 Å². The molecule has 2 unspecified atom stereocenters. The van der Waals surface area contributed by atoms with Crippen LogP contribution in [-0.4, -0.2) is 22.2 Å². The summed E-state index contributed by atoms with van der Waals surface area (Å²) in [6.45, 7) is 2.22. The summed E-state index contributed by atoms with van der Waals surface area (Å²) in [5, 5.41) is 2.35. The smallest absolute Gasteiger partial charge is 0.256 e. The van der Waals surface area contributed by atoms with Crippen LogP contribution in [0.15, 0.2) is 0 Å². The van der Waals surface area contributed by atoms with Crippen LogP contribution in [0.5, 0.6) is 0 Å². The van der Waals surface area contributed by atoms with Crippen molar-refractivity contribution in [1.82, 2.24) is 5.32 Å². The molecule has 1 rings (SSSR count). The van der Waals surface area contributed by atoms with Gasteiger partial charge in [-0.15, -0.1) is 11.6 Å². The number of halogens is 3. The zero-order chi connectivity index (χ0) is 8.65. The Labute approximate surface area is 80.2 Å². The third-order valence-electron chi connectivity index (χ3n) is 1.81. The van der Waals surface area contributed by atoms with Crippen molar-refractivity contribution >= 4 is 40.7 Å². The second-order valence-corrected chi connectivity index (χ2v) is 4.69. The van der Waals surface area contributed by atoms with Gasteiger partial charge >= 0.3 is 0 Å². The van der Waals surface area contributed by atoms with E-state index < -0.39 is 4.33 Å². The SMILES string of the molecule is CC(Cl)C1CNC(=O)C1(Cl)Cl. The molecule has 0 saturated carbocycles. The van der Waals surface area contributed by atoms with Crippen LogP contribution in [0.2, 0.25) is 0 Å². The Morgan fingerprint density at radius 3 is 2.45 bits per heavy atom. The lowest BCUT2D eigenvalue weighted by atomic mass is 10.0. The molecule has 0 aromatic rings. The fraction of sp³-hybridized carbons (Fsp3) is 0.833. The highest BCUT2D eigenvalue weighted by Crippen LogP contribution is 2.38. The number of carbonyl (C=O) groups is 1. The highest BCUT2D eigenvalue weighted by molar-refractivity contribution is 6.59. The van der Waals surface area contributed by atoms with Crippen LogP contribution in [0.25, 0.3) is 0 Å². The van der Waals surface area contributed by atoms with Crippen molar-refractivity contribution in [2.75, 3.05) is 6.54 Å². The quantitative estimate of drug-likeness (QED) is 0.662. The van der Waals surface area contributed by atoms with E-state index in [1.165, 1.54) is 0 Å². The molecule has 11 heavy (non-hydrogen) atoms. The maximum Gasteiger partial charge on any atom is 0.256 e. The van der Waals surface area contributed by atoms with Gasteiger partial charge in [0.05, 0.1) is 0 Å². The molecule has 0 radical (unpaired) electrons. The third-order valence-corrected chi connectivity index (χ3v) is 3.01. The summed E-state index contributed by atoms with van der Waals surface area (Å²) in [5.74, 6) is -0.557. The Balaban J connectivity index is 2.78. The molecule has 1 fully saturated rings. The molecule has 5 heteroatoms. The molecule has 1 aliphatic heterocycles. The van der Waals surface area contributed by atoms with Crippen molar-refractivity contribution < 1.29 is 4.79 Å². The van der Waals surface area contributed by atoms with Crippen molar-refractivity contribution in [3.8, 4) is 0 Å². The maximum atomic E-state index is 11.0. The zero-order valence-electron chi connectivity index (χ0n) is 5.90. The van der Waals surface area contributed by atoms with Crippen LogP contribution < -0.4 is 5.32 Å². The summed E-state index contributed by atoms with van der Waals surface area (Å²) in [7, 11) is 0. The van der Waals surface area contributed by atoms with Crippen molar-refractivity contribution in [2.24, 2.45) is 5.92 Å². The Morgan fingerprint density at radius 2 is 2.27 bits per heavy atom. The van der Waals surface area contributed by atoms with Gasteiger partial charge in [-0.25, -0.2) is 0 Å². The number of hydrogen-bond acceptors (Lipinski definition) is 1. The van der Waals surface area contributed by atoms with Gasteiger partial charge < -0.3 is 5.32 Å². The first-order valence-corrected chi connectivity index (χ1v) is 4.45. The molecule has 0 aliphatic carbocycles. The molecular weight excluding hydrogens is 208 g/mol. The lowest BCUT2D eigenvalue weighted by Crippen LogP contribution is -2.33. The molecule has 1 saturated heterocycles. The first-order chi connectivity index (χ1) is 4.96. The minimum Gasteiger partial charge on any atom is -0.353 e. The first kappa shape index (κ1) is 9.43. The largest absolute Gasteiger partial charge is 0.353 e. The van der Waals surface area contributed by atoms with Crippen LogP contribution >= 0.6 is 34.8 Å². The van der Waals surface area contributed by atoms with E-state index in [4.69, 9.17) is 34.8 Å². The van der Waals surface area contributed by atoms with E-state index in [0.717, 1.165) is 0 Å². The predicted octanol–water partition coefficient (Wildman–Crippen LogP) is 1.53. The number of carbonyl (C=O) groups excluding carboxylic acids is 1. The fourth-order valence-electron chi connectivity index (χ4n) is 1.07. The number of amides is 1. The number of nitrogens with one attached hydrogen (secondary N) is 1. The second-order valence-electron chi connectivity index (χ2n) is 2.62. The van der Waals surface area contributed by atoms with Crippen LogP contribution in [0.3, 0.4) is 0 Å². The average Bonchev–Trinajstić information content (AvgIpc) is 2.08. The predicted molar refractivity (Wildman–Crippen MR) is 46.3 cm³/mol. The summed E-state index contributed by atoms with van der Waals surface area (Å²) in [4.78, 5) is 11.0. The Kier molecular flexibility index (Phi) is 2.57. The summed E-state index contributed by atoms with van der Waals surface area (Å²) in [5.41, 5.74) is 0. The number of alkyl halides is 3. The molecule has 0 aromatic heterocycles. The van der Waals surface area contributed by atoms with E-state index in [0.29, 0.717) is 6.54 Å². The molecule has 0 aromatic carbocycles. The molecule has 2 nitrogen and oxygen atoms in total. The number of hydrogen-bond donors (Lipinski definition) is 1. The zero-order valence-corrected chi connectivity index (χ0v) is 8.17. The Hall–Kier alpha value is 0.340. The molecule has 1 N–H and O–H groups in total. The monoisotopic (exact) mass is 215 g/mol. The van der Waals surface area contributed by atoms with Gasteiger partial charge in [0, 0.05) is 17.8 Å². The van der Waals surface area contributed by atoms with E-state index in [2.05, 4.69) is 5.32 Å². The van der Waals surface area contributed by atoms with E-state index in [-0.39, 0.29) is 17.2 Å². The van der Waals surface area contributed by atoms with Gasteiger partial charge in [-0.2, -0.15) is 0 Å². The maximum absolute atomic E-state index is 11.0. The van der Waals surface area contributed by atoms with E-state index >= 15 is 0 Å². The average molecular weight is 216 g/mol. The minimum absolute atomic E-state index is 0.205. The summed E-state index contributed by atoms with van der Waals surface area (Å²) >= 11 is 17.3. The van der Waals surface area contributed by atoms with Crippen LogP contribution in [0.4, 0.5) is 0 Å². The Morgan fingerprint density at radius 1 is 1.73 bits per heavy atom. The molecule has 1 amide bonds. The molecule has 1 aliphatic rings. The standard InChI is InChI=1S/C6H8Cl3NO/c1-3(7)4-2-10-5(11)6(4,8)9/h3-4H,2H2,1H3,(H,10,11). The summed E-state index contributed by atoms with van der Waals surface area (Å²) in [6, 6.07) is 0. The molecule has 0 spiro atoms. The van der Waals surface area contributed by atoms with Crippen molar-refractivity contribution in [3.63, 3.8) is 0 Å². The third kappa shape index (κ3) is 1.58. The normalized spacial score (nSPS) is 31.6. The topological polar surface area (TPSA) is 29.1 Å². The highest BCUT2D eigenvalue weighted by atomic mass is 35.5. The van der Waals surface area contributed by atoms with Crippen molar-refractivity contribution in [2.45, 2.75) is 16.6 Å². The van der Waals surface area contributed by atoms with Gasteiger partial charge in [-0.05, 0) is 6.92 Å². The highest BCUT2D eigenvalue weighted by Gasteiger charge is 2.49. The Bertz CT molecular complexity index is 181. The van der Waals surface area contributed by atoms with Gasteiger partial charge in [0.1, 0.15) is 0 Å². The molecule has 0 bridgehead atoms. The fourth-order valence-corrected chi connectivity index (χ4v) is 2.14. The number of rotatable bonds is 1. The van der Waals surface area contributed by atoms with Gasteiger partial charge in [-0.1, -0.05) is 23.2 Å². The van der Waals surface area contributed by atoms with E-state index in [1.54, 1.807) is 6.92 Å². The van der Waals surface area contributed by atoms with Gasteiger partial charge in [0.25, 0.3) is 5.91 Å². The molecule has 1 heterocycles.